The lowest BCUT2D eigenvalue weighted by molar-refractivity contribution is -0.142. The summed E-state index contributed by atoms with van der Waals surface area (Å²) in [5.41, 5.74) is 1.77. The first kappa shape index (κ1) is 14.7. The number of sulfone groups is 1. The summed E-state index contributed by atoms with van der Waals surface area (Å²) in [5.74, 6) is -0.668. The van der Waals surface area contributed by atoms with Gasteiger partial charge in [-0.25, -0.2) is 8.42 Å². The van der Waals surface area contributed by atoms with Crippen LogP contribution >= 0.6 is 0 Å². The molecule has 5 heteroatoms. The Kier molecular flexibility index (Phi) is 5.34. The third-order valence-corrected chi connectivity index (χ3v) is 3.99. The van der Waals surface area contributed by atoms with Gasteiger partial charge in [-0.15, -0.1) is 0 Å². The average Bonchev–Trinajstić information content (AvgIpc) is 2.26. The summed E-state index contributed by atoms with van der Waals surface area (Å²) < 4.78 is 28.3. The molecule has 0 bridgehead atoms. The largest absolute Gasteiger partial charge is 0.466 e. The van der Waals surface area contributed by atoms with Crippen molar-refractivity contribution in [3.05, 3.63) is 35.4 Å². The van der Waals surface area contributed by atoms with E-state index >= 15 is 0 Å². The van der Waals surface area contributed by atoms with Crippen LogP contribution in [0.2, 0.25) is 0 Å². The molecule has 0 radical (unpaired) electrons. The molecule has 0 N–H and O–H groups in total. The quantitative estimate of drug-likeness (QED) is 0.740. The van der Waals surface area contributed by atoms with Gasteiger partial charge in [-0.2, -0.15) is 0 Å². The van der Waals surface area contributed by atoms with Gasteiger partial charge in [0.2, 0.25) is 0 Å². The number of carbonyl (C=O) groups is 1. The summed E-state index contributed by atoms with van der Waals surface area (Å²) in [7, 11) is -3.27. The number of hydrogen-bond acceptors (Lipinski definition) is 4. The van der Waals surface area contributed by atoms with Crippen LogP contribution in [0.15, 0.2) is 24.3 Å². The second-order valence-corrected chi connectivity index (χ2v) is 6.32. The monoisotopic (exact) mass is 270 g/mol. The van der Waals surface area contributed by atoms with Crippen molar-refractivity contribution in [2.75, 3.05) is 12.4 Å². The maximum absolute atomic E-state index is 11.8. The molecule has 18 heavy (non-hydrogen) atoms. The molecule has 0 heterocycles. The molecular formula is C13H18O4S. The number of aryl methyl sites for hydroxylation is 1. The van der Waals surface area contributed by atoms with Crippen molar-refractivity contribution < 1.29 is 17.9 Å². The molecule has 0 saturated carbocycles. The Morgan fingerprint density at radius 3 is 2.67 bits per heavy atom. The van der Waals surface area contributed by atoms with Gasteiger partial charge in [0.1, 0.15) is 0 Å². The van der Waals surface area contributed by atoms with Gasteiger partial charge in [-0.1, -0.05) is 29.8 Å². The summed E-state index contributed by atoms with van der Waals surface area (Å²) >= 11 is 0. The molecule has 0 amide bonds. The summed E-state index contributed by atoms with van der Waals surface area (Å²) in [6.45, 7) is 3.88. The van der Waals surface area contributed by atoms with Crippen molar-refractivity contribution in [2.24, 2.45) is 0 Å². The molecule has 0 spiro atoms. The average molecular weight is 270 g/mol. The highest BCUT2D eigenvalue weighted by Gasteiger charge is 2.15. The molecule has 0 aromatic heterocycles. The van der Waals surface area contributed by atoms with Crippen molar-refractivity contribution in [1.29, 1.82) is 0 Å². The van der Waals surface area contributed by atoms with Crippen LogP contribution in [0, 0.1) is 6.92 Å². The lowest BCUT2D eigenvalue weighted by atomic mass is 10.2. The highest BCUT2D eigenvalue weighted by molar-refractivity contribution is 7.90. The molecule has 0 unspecified atom stereocenters. The van der Waals surface area contributed by atoms with Crippen molar-refractivity contribution >= 4 is 15.8 Å². The number of hydrogen-bond donors (Lipinski definition) is 0. The summed E-state index contributed by atoms with van der Waals surface area (Å²) in [6.07, 6.45) is -0.0814. The number of benzene rings is 1. The zero-order chi connectivity index (χ0) is 13.6. The van der Waals surface area contributed by atoms with E-state index in [9.17, 15) is 13.2 Å². The fraction of sp³-hybridized carbons (Fsp3) is 0.462. The van der Waals surface area contributed by atoms with Crippen molar-refractivity contribution in [3.8, 4) is 0 Å². The molecular weight excluding hydrogens is 252 g/mol. The van der Waals surface area contributed by atoms with E-state index in [1.807, 2.05) is 25.1 Å². The van der Waals surface area contributed by atoms with Gasteiger partial charge in [0.15, 0.2) is 9.84 Å². The minimum Gasteiger partial charge on any atom is -0.466 e. The number of ether oxygens (including phenoxy) is 1. The Labute approximate surface area is 108 Å². The molecule has 1 aromatic carbocycles. The Bertz CT molecular complexity index is 505. The Morgan fingerprint density at radius 1 is 1.33 bits per heavy atom. The highest BCUT2D eigenvalue weighted by atomic mass is 32.2. The summed E-state index contributed by atoms with van der Waals surface area (Å²) in [4.78, 5) is 11.1. The topological polar surface area (TPSA) is 60.4 Å². The van der Waals surface area contributed by atoms with E-state index in [1.165, 1.54) is 0 Å². The normalized spacial score (nSPS) is 11.2. The van der Waals surface area contributed by atoms with Crippen molar-refractivity contribution in [3.63, 3.8) is 0 Å². The predicted octanol–water partition coefficient (Wildman–Crippen LogP) is 1.86. The van der Waals surface area contributed by atoms with Crippen LogP contribution in [0.5, 0.6) is 0 Å². The Balaban J connectivity index is 2.57. The minimum atomic E-state index is -3.27. The summed E-state index contributed by atoms with van der Waals surface area (Å²) in [6, 6.07) is 7.34. The first-order valence-corrected chi connectivity index (χ1v) is 7.66. The zero-order valence-corrected chi connectivity index (χ0v) is 11.5. The predicted molar refractivity (Wildman–Crippen MR) is 69.9 cm³/mol. The maximum atomic E-state index is 11.8. The van der Waals surface area contributed by atoms with E-state index in [-0.39, 0.29) is 24.5 Å². The van der Waals surface area contributed by atoms with E-state index in [1.54, 1.807) is 13.0 Å². The molecule has 4 nitrogen and oxygen atoms in total. The van der Waals surface area contributed by atoms with Crippen LogP contribution in [-0.2, 0) is 25.1 Å². The van der Waals surface area contributed by atoms with E-state index in [2.05, 4.69) is 0 Å². The molecule has 0 atom stereocenters. The van der Waals surface area contributed by atoms with Crippen LogP contribution in [0.4, 0.5) is 0 Å². The second kappa shape index (κ2) is 6.54. The van der Waals surface area contributed by atoms with E-state index in [0.717, 1.165) is 11.1 Å². The summed E-state index contributed by atoms with van der Waals surface area (Å²) in [5, 5.41) is 0. The van der Waals surface area contributed by atoms with Crippen molar-refractivity contribution in [2.45, 2.75) is 26.0 Å². The fourth-order valence-corrected chi connectivity index (χ4v) is 2.91. The van der Waals surface area contributed by atoms with Crippen LogP contribution in [0.25, 0.3) is 0 Å². The second-order valence-electron chi connectivity index (χ2n) is 4.14. The van der Waals surface area contributed by atoms with Gasteiger partial charge in [0, 0.05) is 0 Å². The van der Waals surface area contributed by atoms with Gasteiger partial charge >= 0.3 is 5.97 Å². The Morgan fingerprint density at radius 2 is 2.06 bits per heavy atom. The third-order valence-electron chi connectivity index (χ3n) is 2.39. The van der Waals surface area contributed by atoms with Crippen LogP contribution < -0.4 is 0 Å². The van der Waals surface area contributed by atoms with Gasteiger partial charge in [-0.3, -0.25) is 4.79 Å². The molecule has 0 aliphatic heterocycles. The van der Waals surface area contributed by atoms with Crippen LogP contribution in [-0.4, -0.2) is 26.7 Å². The molecule has 0 aliphatic carbocycles. The van der Waals surface area contributed by atoms with Gasteiger partial charge in [0.05, 0.1) is 24.5 Å². The van der Waals surface area contributed by atoms with Gasteiger partial charge in [-0.05, 0) is 19.4 Å². The molecule has 1 rings (SSSR count). The lowest BCUT2D eigenvalue weighted by Crippen LogP contribution is -2.15. The van der Waals surface area contributed by atoms with Gasteiger partial charge < -0.3 is 4.74 Å². The molecule has 0 aliphatic rings. The fourth-order valence-electron chi connectivity index (χ4n) is 1.60. The van der Waals surface area contributed by atoms with Crippen LogP contribution in [0.1, 0.15) is 24.5 Å². The standard InChI is InChI=1S/C13H18O4S/c1-3-17-13(14)7-8-18(15,16)10-12-6-4-5-11(2)9-12/h4-6,9H,3,7-8,10H2,1-2H3. The Hall–Kier alpha value is -1.36. The van der Waals surface area contributed by atoms with E-state index in [4.69, 9.17) is 4.74 Å². The molecule has 0 saturated heterocycles. The maximum Gasteiger partial charge on any atom is 0.306 e. The van der Waals surface area contributed by atoms with E-state index < -0.39 is 15.8 Å². The first-order valence-electron chi connectivity index (χ1n) is 5.84. The number of esters is 1. The first-order chi connectivity index (χ1) is 8.43. The minimum absolute atomic E-state index is 0.0336. The van der Waals surface area contributed by atoms with E-state index in [0.29, 0.717) is 0 Å². The highest BCUT2D eigenvalue weighted by Crippen LogP contribution is 2.10. The smallest absolute Gasteiger partial charge is 0.306 e. The zero-order valence-electron chi connectivity index (χ0n) is 10.7. The van der Waals surface area contributed by atoms with Crippen molar-refractivity contribution in [1.82, 2.24) is 0 Å². The van der Waals surface area contributed by atoms with Gasteiger partial charge in [0.25, 0.3) is 0 Å². The SMILES string of the molecule is CCOC(=O)CCS(=O)(=O)Cc1cccc(C)c1. The molecule has 1 aromatic rings. The number of carbonyl (C=O) groups excluding carboxylic acids is 1. The lowest BCUT2D eigenvalue weighted by Gasteiger charge is -2.05. The number of rotatable bonds is 6. The van der Waals surface area contributed by atoms with Crippen LogP contribution in [0.3, 0.4) is 0 Å². The molecule has 0 fully saturated rings. The third kappa shape index (κ3) is 5.31. The molecule has 100 valence electrons.